The van der Waals surface area contributed by atoms with E-state index >= 15 is 0 Å². The fourth-order valence-corrected chi connectivity index (χ4v) is 2.61. The number of unbranched alkanes of at least 4 members (excludes halogenated alkanes) is 2. The third-order valence-corrected chi connectivity index (χ3v) is 3.96. The fraction of sp³-hybridized carbons (Fsp3) is 0.400. The summed E-state index contributed by atoms with van der Waals surface area (Å²) < 4.78 is 5.86. The molecule has 0 aromatic heterocycles. The van der Waals surface area contributed by atoms with Crippen LogP contribution in [0.4, 0.5) is 5.69 Å². The highest BCUT2D eigenvalue weighted by molar-refractivity contribution is 5.43. The van der Waals surface area contributed by atoms with Gasteiger partial charge in [-0.1, -0.05) is 38.0 Å². The largest absolute Gasteiger partial charge is 0.494 e. The predicted octanol–water partition coefficient (Wildman–Crippen LogP) is 4.99. The van der Waals surface area contributed by atoms with Crippen molar-refractivity contribution in [1.29, 1.82) is 0 Å². The summed E-state index contributed by atoms with van der Waals surface area (Å²) in [6, 6.07) is 14.4. The Kier molecular flexibility index (Phi) is 6.95. The summed E-state index contributed by atoms with van der Waals surface area (Å²) in [5.74, 6) is 0.982. The Morgan fingerprint density at radius 2 is 1.65 bits per heavy atom. The van der Waals surface area contributed by atoms with Gasteiger partial charge in [0.05, 0.1) is 6.61 Å². The number of hydrogen-bond donors (Lipinski definition) is 2. The van der Waals surface area contributed by atoms with Crippen LogP contribution in [-0.4, -0.2) is 6.61 Å². The van der Waals surface area contributed by atoms with Gasteiger partial charge in [-0.15, -0.1) is 0 Å². The van der Waals surface area contributed by atoms with Crippen LogP contribution in [0.5, 0.6) is 5.75 Å². The molecule has 0 aliphatic heterocycles. The molecule has 0 heterocycles. The molecule has 0 fully saturated rings. The molecule has 0 aliphatic rings. The van der Waals surface area contributed by atoms with Gasteiger partial charge in [-0.3, -0.25) is 0 Å². The highest BCUT2D eigenvalue weighted by Crippen LogP contribution is 2.22. The summed E-state index contributed by atoms with van der Waals surface area (Å²) in [5, 5.41) is 0. The van der Waals surface area contributed by atoms with Crippen LogP contribution in [0.15, 0.2) is 42.5 Å². The molecular weight excluding hydrogens is 284 g/mol. The first-order chi connectivity index (χ1) is 11.2. The molecule has 2 rings (SSSR count). The standard InChI is InChI=1S/C20H28N2O/c1-4-5-9-12-23-19-13-16(2)20(17(3)14-19)15-21-22-18-10-7-6-8-11-18/h6-8,10-11,13-14,21-22H,4-5,9,12,15H2,1-3H3. The Bertz CT molecular complexity index is 573. The van der Waals surface area contributed by atoms with Crippen LogP contribution in [0.2, 0.25) is 0 Å². The van der Waals surface area contributed by atoms with E-state index in [4.69, 9.17) is 4.74 Å². The van der Waals surface area contributed by atoms with Crippen LogP contribution in [0.25, 0.3) is 0 Å². The van der Waals surface area contributed by atoms with Crippen molar-refractivity contribution < 1.29 is 4.74 Å². The van der Waals surface area contributed by atoms with Crippen molar-refractivity contribution in [2.75, 3.05) is 12.0 Å². The van der Waals surface area contributed by atoms with Gasteiger partial charge in [-0.05, 0) is 61.2 Å². The first-order valence-electron chi connectivity index (χ1n) is 8.47. The van der Waals surface area contributed by atoms with E-state index < -0.39 is 0 Å². The summed E-state index contributed by atoms with van der Waals surface area (Å²) in [7, 11) is 0. The number of hydrogen-bond acceptors (Lipinski definition) is 3. The summed E-state index contributed by atoms with van der Waals surface area (Å²) in [6.45, 7) is 8.08. The highest BCUT2D eigenvalue weighted by Gasteiger charge is 2.06. The first kappa shape index (κ1) is 17.4. The lowest BCUT2D eigenvalue weighted by atomic mass is 10.0. The van der Waals surface area contributed by atoms with Crippen molar-refractivity contribution in [3.63, 3.8) is 0 Å². The van der Waals surface area contributed by atoms with E-state index in [0.717, 1.165) is 31.0 Å². The van der Waals surface area contributed by atoms with Crippen molar-refractivity contribution in [2.45, 2.75) is 46.6 Å². The Balaban J connectivity index is 1.89. The monoisotopic (exact) mass is 312 g/mol. The van der Waals surface area contributed by atoms with E-state index in [0.29, 0.717) is 0 Å². The molecule has 2 aromatic rings. The molecule has 0 saturated heterocycles. The first-order valence-corrected chi connectivity index (χ1v) is 8.47. The molecule has 0 radical (unpaired) electrons. The average Bonchev–Trinajstić information content (AvgIpc) is 2.55. The van der Waals surface area contributed by atoms with Gasteiger partial charge in [-0.2, -0.15) is 0 Å². The Morgan fingerprint density at radius 1 is 0.957 bits per heavy atom. The number of ether oxygens (including phenoxy) is 1. The summed E-state index contributed by atoms with van der Waals surface area (Å²) in [5.41, 5.74) is 11.4. The van der Waals surface area contributed by atoms with Crippen LogP contribution >= 0.6 is 0 Å². The quantitative estimate of drug-likeness (QED) is 0.505. The fourth-order valence-electron chi connectivity index (χ4n) is 2.61. The topological polar surface area (TPSA) is 33.3 Å². The molecule has 23 heavy (non-hydrogen) atoms. The summed E-state index contributed by atoms with van der Waals surface area (Å²) in [6.07, 6.45) is 3.57. The highest BCUT2D eigenvalue weighted by atomic mass is 16.5. The summed E-state index contributed by atoms with van der Waals surface area (Å²) >= 11 is 0. The number of benzene rings is 2. The minimum Gasteiger partial charge on any atom is -0.494 e. The third-order valence-electron chi connectivity index (χ3n) is 3.96. The van der Waals surface area contributed by atoms with Gasteiger partial charge in [0.1, 0.15) is 5.75 Å². The van der Waals surface area contributed by atoms with E-state index in [-0.39, 0.29) is 0 Å². The molecule has 0 amide bonds. The lowest BCUT2D eigenvalue weighted by Crippen LogP contribution is -2.22. The molecule has 3 nitrogen and oxygen atoms in total. The van der Waals surface area contributed by atoms with Gasteiger partial charge in [0, 0.05) is 12.2 Å². The Morgan fingerprint density at radius 3 is 2.30 bits per heavy atom. The Hall–Kier alpha value is -2.00. The lowest BCUT2D eigenvalue weighted by Gasteiger charge is -2.15. The maximum Gasteiger partial charge on any atom is 0.119 e. The van der Waals surface area contributed by atoms with E-state index in [9.17, 15) is 0 Å². The van der Waals surface area contributed by atoms with Crippen LogP contribution in [0.3, 0.4) is 0 Å². The molecule has 0 unspecified atom stereocenters. The van der Waals surface area contributed by atoms with Crippen molar-refractivity contribution in [1.82, 2.24) is 5.43 Å². The van der Waals surface area contributed by atoms with Gasteiger partial charge in [0.25, 0.3) is 0 Å². The molecule has 3 heteroatoms. The number of rotatable bonds is 9. The molecular formula is C20H28N2O. The summed E-state index contributed by atoms with van der Waals surface area (Å²) in [4.78, 5) is 0. The van der Waals surface area contributed by atoms with Crippen molar-refractivity contribution in [2.24, 2.45) is 0 Å². The second-order valence-electron chi connectivity index (χ2n) is 5.94. The molecule has 2 N–H and O–H groups in total. The van der Waals surface area contributed by atoms with Crippen LogP contribution < -0.4 is 15.6 Å². The molecule has 0 spiro atoms. The molecule has 0 bridgehead atoms. The average molecular weight is 312 g/mol. The second-order valence-corrected chi connectivity index (χ2v) is 5.94. The van der Waals surface area contributed by atoms with Gasteiger partial charge >= 0.3 is 0 Å². The van der Waals surface area contributed by atoms with Gasteiger partial charge in [-0.25, -0.2) is 5.43 Å². The number of aryl methyl sites for hydroxylation is 2. The number of hydrazine groups is 1. The van der Waals surface area contributed by atoms with Crippen LogP contribution in [-0.2, 0) is 6.54 Å². The molecule has 2 aromatic carbocycles. The van der Waals surface area contributed by atoms with Gasteiger partial charge in [0.15, 0.2) is 0 Å². The minimum atomic E-state index is 0.780. The number of para-hydroxylation sites is 1. The maximum atomic E-state index is 5.86. The lowest BCUT2D eigenvalue weighted by molar-refractivity contribution is 0.306. The minimum absolute atomic E-state index is 0.780. The second kappa shape index (κ2) is 9.21. The third kappa shape index (κ3) is 5.61. The van der Waals surface area contributed by atoms with E-state index in [2.05, 4.69) is 43.8 Å². The van der Waals surface area contributed by atoms with Crippen molar-refractivity contribution >= 4 is 5.69 Å². The Labute approximate surface area is 140 Å². The number of anilines is 1. The molecule has 0 atom stereocenters. The smallest absolute Gasteiger partial charge is 0.119 e. The van der Waals surface area contributed by atoms with Gasteiger partial charge in [0.2, 0.25) is 0 Å². The van der Waals surface area contributed by atoms with Crippen LogP contribution in [0.1, 0.15) is 42.9 Å². The van der Waals surface area contributed by atoms with E-state index in [1.54, 1.807) is 0 Å². The SMILES string of the molecule is CCCCCOc1cc(C)c(CNNc2ccccc2)c(C)c1. The van der Waals surface area contributed by atoms with E-state index in [1.807, 2.05) is 30.3 Å². The van der Waals surface area contributed by atoms with Crippen molar-refractivity contribution in [3.05, 3.63) is 59.2 Å². The predicted molar refractivity (Wildman–Crippen MR) is 97.8 cm³/mol. The van der Waals surface area contributed by atoms with E-state index in [1.165, 1.54) is 29.5 Å². The van der Waals surface area contributed by atoms with Crippen molar-refractivity contribution in [3.8, 4) is 5.75 Å². The maximum absolute atomic E-state index is 5.86. The molecule has 0 saturated carbocycles. The molecule has 124 valence electrons. The zero-order chi connectivity index (χ0) is 16.5. The normalized spacial score (nSPS) is 10.6. The number of nitrogens with one attached hydrogen (secondary N) is 2. The zero-order valence-corrected chi connectivity index (χ0v) is 14.5. The van der Waals surface area contributed by atoms with Gasteiger partial charge < -0.3 is 10.2 Å². The zero-order valence-electron chi connectivity index (χ0n) is 14.5. The van der Waals surface area contributed by atoms with Crippen LogP contribution in [0, 0.1) is 13.8 Å². The molecule has 0 aliphatic carbocycles.